The second-order valence-electron chi connectivity index (χ2n) is 6.51. The van der Waals surface area contributed by atoms with Gasteiger partial charge in [0.25, 0.3) is 0 Å². The molecule has 1 unspecified atom stereocenters. The minimum atomic E-state index is -4.51. The standard InChI is InChI=1S/C20H19F3N2O4/c1-28-15-6-7-17(29-2)16(10-15)25-11-12(8-18(25)26)19(27)24-14-5-3-4-13(9-14)20(21,22)23/h3-7,9-10,12H,8,11H2,1-2H3,(H,24,27). The minimum Gasteiger partial charge on any atom is -0.497 e. The molecule has 1 aliphatic rings. The first-order chi connectivity index (χ1) is 13.7. The van der Waals surface area contributed by atoms with Crippen LogP contribution in [0.5, 0.6) is 11.5 Å². The van der Waals surface area contributed by atoms with Crippen LogP contribution < -0.4 is 19.7 Å². The van der Waals surface area contributed by atoms with Gasteiger partial charge in [-0.15, -0.1) is 0 Å². The van der Waals surface area contributed by atoms with Crippen molar-refractivity contribution in [3.8, 4) is 11.5 Å². The summed E-state index contributed by atoms with van der Waals surface area (Å²) >= 11 is 0. The first-order valence-electron chi connectivity index (χ1n) is 8.73. The Kier molecular flexibility index (Phi) is 5.67. The lowest BCUT2D eigenvalue weighted by Gasteiger charge is -2.20. The van der Waals surface area contributed by atoms with Gasteiger partial charge in [0.15, 0.2) is 0 Å². The second-order valence-corrected chi connectivity index (χ2v) is 6.51. The average molecular weight is 408 g/mol. The number of nitrogens with zero attached hydrogens (tertiary/aromatic N) is 1. The Balaban J connectivity index is 1.76. The van der Waals surface area contributed by atoms with Crippen LogP contribution in [0.15, 0.2) is 42.5 Å². The first kappa shape index (κ1) is 20.5. The summed E-state index contributed by atoms with van der Waals surface area (Å²) in [6.45, 7) is 0.0765. The number of hydrogen-bond donors (Lipinski definition) is 1. The molecule has 1 heterocycles. The monoisotopic (exact) mass is 408 g/mol. The van der Waals surface area contributed by atoms with Gasteiger partial charge in [0.2, 0.25) is 11.8 Å². The van der Waals surface area contributed by atoms with Crippen molar-refractivity contribution in [1.82, 2.24) is 0 Å². The maximum absolute atomic E-state index is 12.8. The van der Waals surface area contributed by atoms with E-state index in [1.165, 1.54) is 31.3 Å². The number of hydrogen-bond acceptors (Lipinski definition) is 4. The fraction of sp³-hybridized carbons (Fsp3) is 0.300. The second kappa shape index (κ2) is 8.02. The third kappa shape index (κ3) is 4.44. The molecule has 29 heavy (non-hydrogen) atoms. The highest BCUT2D eigenvalue weighted by atomic mass is 19.4. The first-order valence-corrected chi connectivity index (χ1v) is 8.73. The van der Waals surface area contributed by atoms with Crippen LogP contribution in [0.2, 0.25) is 0 Å². The van der Waals surface area contributed by atoms with Crippen LogP contribution in [0.1, 0.15) is 12.0 Å². The molecule has 2 aromatic carbocycles. The predicted molar refractivity (Wildman–Crippen MR) is 100 cm³/mol. The third-order valence-corrected chi connectivity index (χ3v) is 4.63. The summed E-state index contributed by atoms with van der Waals surface area (Å²) in [7, 11) is 2.95. The van der Waals surface area contributed by atoms with Gasteiger partial charge < -0.3 is 19.7 Å². The van der Waals surface area contributed by atoms with E-state index in [2.05, 4.69) is 5.32 Å². The summed E-state index contributed by atoms with van der Waals surface area (Å²) < 4.78 is 49.0. The molecule has 2 aromatic rings. The molecular formula is C20H19F3N2O4. The van der Waals surface area contributed by atoms with E-state index in [0.29, 0.717) is 17.2 Å². The number of methoxy groups -OCH3 is 2. The molecule has 0 aliphatic carbocycles. The van der Waals surface area contributed by atoms with E-state index in [1.807, 2.05) is 0 Å². The summed E-state index contributed by atoms with van der Waals surface area (Å²) in [6.07, 6.45) is -4.57. The van der Waals surface area contributed by atoms with Crippen LogP contribution in [-0.2, 0) is 15.8 Å². The molecule has 1 saturated heterocycles. The van der Waals surface area contributed by atoms with E-state index >= 15 is 0 Å². The number of nitrogens with one attached hydrogen (secondary N) is 1. The summed E-state index contributed by atoms with van der Waals surface area (Å²) in [6, 6.07) is 9.32. The Hall–Kier alpha value is -3.23. The molecule has 0 bridgehead atoms. The summed E-state index contributed by atoms with van der Waals surface area (Å²) in [5.41, 5.74) is -0.374. The van der Waals surface area contributed by atoms with Crippen molar-refractivity contribution in [2.24, 2.45) is 5.92 Å². The zero-order valence-electron chi connectivity index (χ0n) is 15.7. The average Bonchev–Trinajstić information content (AvgIpc) is 3.08. The summed E-state index contributed by atoms with van der Waals surface area (Å²) in [5, 5.41) is 2.47. The van der Waals surface area contributed by atoms with Crippen LogP contribution >= 0.6 is 0 Å². The van der Waals surface area contributed by atoms with E-state index in [-0.39, 0.29) is 24.6 Å². The number of carbonyl (C=O) groups excluding carboxylic acids is 2. The number of carbonyl (C=O) groups is 2. The Bertz CT molecular complexity index is 930. The van der Waals surface area contributed by atoms with Crippen molar-refractivity contribution in [2.75, 3.05) is 31.0 Å². The number of amides is 2. The topological polar surface area (TPSA) is 67.9 Å². The van der Waals surface area contributed by atoms with Gasteiger partial charge in [-0.3, -0.25) is 9.59 Å². The molecule has 2 amide bonds. The maximum atomic E-state index is 12.8. The van der Waals surface area contributed by atoms with Gasteiger partial charge in [0, 0.05) is 24.7 Å². The number of ether oxygens (including phenoxy) is 2. The maximum Gasteiger partial charge on any atom is 0.416 e. The van der Waals surface area contributed by atoms with Gasteiger partial charge in [0.1, 0.15) is 11.5 Å². The SMILES string of the molecule is COc1ccc(OC)c(N2CC(C(=O)Nc3cccc(C(F)(F)F)c3)CC2=O)c1. The van der Waals surface area contributed by atoms with Gasteiger partial charge in [-0.2, -0.15) is 13.2 Å². The zero-order chi connectivity index (χ0) is 21.2. The van der Waals surface area contributed by atoms with Crippen LogP contribution in [0.25, 0.3) is 0 Å². The molecule has 0 spiro atoms. The van der Waals surface area contributed by atoms with Gasteiger partial charge in [-0.25, -0.2) is 0 Å². The number of alkyl halides is 3. The molecule has 3 rings (SSSR count). The Morgan fingerprint density at radius 2 is 1.90 bits per heavy atom. The van der Waals surface area contributed by atoms with Crippen LogP contribution in [-0.4, -0.2) is 32.6 Å². The van der Waals surface area contributed by atoms with E-state index in [0.717, 1.165) is 12.1 Å². The summed E-state index contributed by atoms with van der Waals surface area (Å²) in [5.74, 6) is -0.570. The van der Waals surface area contributed by atoms with Crippen molar-refractivity contribution >= 4 is 23.2 Å². The van der Waals surface area contributed by atoms with Crippen molar-refractivity contribution in [3.63, 3.8) is 0 Å². The Morgan fingerprint density at radius 1 is 1.14 bits per heavy atom. The quantitative estimate of drug-likeness (QED) is 0.819. The molecule has 6 nitrogen and oxygen atoms in total. The number of benzene rings is 2. The fourth-order valence-electron chi connectivity index (χ4n) is 3.14. The highest BCUT2D eigenvalue weighted by Gasteiger charge is 2.37. The number of halogens is 3. The normalized spacial score (nSPS) is 16.7. The lowest BCUT2D eigenvalue weighted by Crippen LogP contribution is -2.28. The van der Waals surface area contributed by atoms with Gasteiger partial charge in [-0.05, 0) is 30.3 Å². The summed E-state index contributed by atoms with van der Waals surface area (Å²) in [4.78, 5) is 26.5. The molecule has 0 aromatic heterocycles. The molecule has 1 fully saturated rings. The van der Waals surface area contributed by atoms with E-state index in [9.17, 15) is 22.8 Å². The number of rotatable bonds is 5. The zero-order valence-corrected chi connectivity index (χ0v) is 15.7. The van der Waals surface area contributed by atoms with Crippen LogP contribution in [0, 0.1) is 5.92 Å². The van der Waals surface area contributed by atoms with E-state index in [1.54, 1.807) is 18.2 Å². The highest BCUT2D eigenvalue weighted by molar-refractivity contribution is 6.04. The molecule has 1 aliphatic heterocycles. The number of anilines is 2. The van der Waals surface area contributed by atoms with Gasteiger partial charge >= 0.3 is 6.18 Å². The minimum absolute atomic E-state index is 0.0229. The van der Waals surface area contributed by atoms with E-state index < -0.39 is 23.6 Å². The van der Waals surface area contributed by atoms with Crippen molar-refractivity contribution < 1.29 is 32.2 Å². The van der Waals surface area contributed by atoms with Crippen molar-refractivity contribution in [2.45, 2.75) is 12.6 Å². The van der Waals surface area contributed by atoms with Crippen LogP contribution in [0.4, 0.5) is 24.5 Å². The molecule has 9 heteroatoms. The molecule has 0 radical (unpaired) electrons. The molecule has 154 valence electrons. The highest BCUT2D eigenvalue weighted by Crippen LogP contribution is 2.36. The third-order valence-electron chi connectivity index (χ3n) is 4.63. The Labute approximate surface area is 165 Å². The lowest BCUT2D eigenvalue weighted by atomic mass is 10.1. The Morgan fingerprint density at radius 3 is 2.55 bits per heavy atom. The molecule has 1 atom stereocenters. The van der Waals surface area contributed by atoms with Gasteiger partial charge in [-0.1, -0.05) is 6.07 Å². The molecule has 1 N–H and O–H groups in total. The fourth-order valence-corrected chi connectivity index (χ4v) is 3.14. The predicted octanol–water partition coefficient (Wildman–Crippen LogP) is 3.71. The molecule has 0 saturated carbocycles. The van der Waals surface area contributed by atoms with Gasteiger partial charge in [0.05, 0.1) is 31.4 Å². The van der Waals surface area contributed by atoms with Crippen molar-refractivity contribution in [1.29, 1.82) is 0 Å². The van der Waals surface area contributed by atoms with E-state index in [4.69, 9.17) is 9.47 Å². The lowest BCUT2D eigenvalue weighted by molar-refractivity contribution is -0.137. The largest absolute Gasteiger partial charge is 0.497 e. The molecular weight excluding hydrogens is 389 g/mol. The van der Waals surface area contributed by atoms with Crippen molar-refractivity contribution in [3.05, 3.63) is 48.0 Å². The smallest absolute Gasteiger partial charge is 0.416 e. The van der Waals surface area contributed by atoms with Crippen LogP contribution in [0.3, 0.4) is 0 Å².